The maximum Gasteiger partial charge on any atom is 0.258 e. The highest BCUT2D eigenvalue weighted by atomic mass is 16.7. The summed E-state index contributed by atoms with van der Waals surface area (Å²) in [6.45, 7) is -0.406. The molecule has 0 bridgehead atoms. The highest BCUT2D eigenvalue weighted by Crippen LogP contribution is 2.33. The first-order chi connectivity index (χ1) is 13.0. The highest BCUT2D eigenvalue weighted by molar-refractivity contribution is 5.90. The first-order valence-corrected chi connectivity index (χ1v) is 8.62. The fourth-order valence-corrected chi connectivity index (χ4v) is 3.17. The number of hydrogen-bond acceptors (Lipinski definition) is 13. The van der Waals surface area contributed by atoms with Crippen molar-refractivity contribution in [2.24, 2.45) is 5.73 Å². The molecule has 0 aromatic carbocycles. The molecule has 2 rings (SSSR count). The predicted molar refractivity (Wildman–Crippen MR) is 86.2 cm³/mol. The Labute approximate surface area is 159 Å². The molecule has 164 valence electrons. The third kappa shape index (κ3) is 4.07. The normalized spacial score (nSPS) is 48.3. The van der Waals surface area contributed by atoms with E-state index >= 15 is 0 Å². The number of hydrogen-bond donors (Lipinski definition) is 9. The molecule has 10 N–H and O–H groups in total. The Morgan fingerprint density at radius 2 is 1.61 bits per heavy atom. The molecule has 0 amide bonds. The summed E-state index contributed by atoms with van der Waals surface area (Å²) < 4.78 is 15.5. The minimum Gasteiger partial charge on any atom is -0.394 e. The molecule has 2 aliphatic heterocycles. The molecule has 0 aliphatic carbocycles. The van der Waals surface area contributed by atoms with E-state index in [1.165, 1.54) is 6.92 Å². The molecule has 1 unspecified atom stereocenters. The lowest BCUT2D eigenvalue weighted by atomic mass is 9.88. The van der Waals surface area contributed by atoms with Crippen molar-refractivity contribution < 1.29 is 59.9 Å². The molecule has 13 nitrogen and oxygen atoms in total. The van der Waals surface area contributed by atoms with E-state index in [1.807, 2.05) is 0 Å². The van der Waals surface area contributed by atoms with Crippen LogP contribution >= 0.6 is 0 Å². The summed E-state index contributed by atoms with van der Waals surface area (Å²) in [6, 6.07) is -1.27. The van der Waals surface area contributed by atoms with Gasteiger partial charge < -0.3 is 60.8 Å². The minimum atomic E-state index is -2.92. The average molecular weight is 413 g/mol. The molecule has 0 radical (unpaired) electrons. The van der Waals surface area contributed by atoms with Gasteiger partial charge in [0.15, 0.2) is 6.29 Å². The van der Waals surface area contributed by atoms with Crippen molar-refractivity contribution in [2.75, 3.05) is 13.2 Å². The summed E-state index contributed by atoms with van der Waals surface area (Å²) >= 11 is 0. The summed E-state index contributed by atoms with van der Waals surface area (Å²) in [5.41, 5.74) is 5.40. The van der Waals surface area contributed by atoms with Crippen LogP contribution in [0.25, 0.3) is 0 Å². The van der Waals surface area contributed by atoms with Gasteiger partial charge in [0.1, 0.15) is 48.8 Å². The van der Waals surface area contributed by atoms with E-state index in [4.69, 9.17) is 19.9 Å². The summed E-state index contributed by atoms with van der Waals surface area (Å²) in [7, 11) is 0. The quantitative estimate of drug-likeness (QED) is 0.197. The molecule has 2 fully saturated rings. The number of ketones is 1. The van der Waals surface area contributed by atoms with Crippen molar-refractivity contribution >= 4 is 5.78 Å². The maximum absolute atomic E-state index is 12.1. The number of ether oxygens (including phenoxy) is 3. The topological polar surface area (TPSA) is 233 Å². The van der Waals surface area contributed by atoms with Crippen LogP contribution in [0.2, 0.25) is 0 Å². The monoisotopic (exact) mass is 413 g/mol. The average Bonchev–Trinajstić information content (AvgIpc) is 2.67. The van der Waals surface area contributed by atoms with Crippen molar-refractivity contribution in [3.63, 3.8) is 0 Å². The van der Waals surface area contributed by atoms with Gasteiger partial charge in [0, 0.05) is 0 Å². The number of carbonyl (C=O) groups excluding carboxylic acids is 1. The molecule has 0 aromatic heterocycles. The Morgan fingerprint density at radius 1 is 1.04 bits per heavy atom. The SMILES string of the molecule is C[C@H](N)C(=O)C1(O)O[C@H](CO)[C@@H](O[C@@H]2O[C@H](CO)[C@H](O)[C@H](O)[C@H]2O)[C@H](O)[C@H]1O. The zero-order valence-electron chi connectivity index (χ0n) is 15.0. The van der Waals surface area contributed by atoms with Crippen molar-refractivity contribution in [3.8, 4) is 0 Å². The van der Waals surface area contributed by atoms with Crippen LogP contribution in [0.15, 0.2) is 0 Å². The predicted octanol–water partition coefficient (Wildman–Crippen LogP) is -6.11. The van der Waals surface area contributed by atoms with Crippen LogP contribution in [0.1, 0.15) is 6.92 Å². The molecule has 0 aromatic rings. The van der Waals surface area contributed by atoms with E-state index in [0.717, 1.165) is 0 Å². The van der Waals surface area contributed by atoms with E-state index in [9.17, 15) is 45.6 Å². The summed E-state index contributed by atoms with van der Waals surface area (Å²) in [4.78, 5) is 12.1. The fraction of sp³-hybridized carbons (Fsp3) is 0.933. The van der Waals surface area contributed by atoms with Crippen LogP contribution in [0.5, 0.6) is 0 Å². The smallest absolute Gasteiger partial charge is 0.258 e. The lowest BCUT2D eigenvalue weighted by Crippen LogP contribution is -2.71. The van der Waals surface area contributed by atoms with Crippen LogP contribution in [0.3, 0.4) is 0 Å². The van der Waals surface area contributed by atoms with E-state index in [1.54, 1.807) is 0 Å². The highest BCUT2D eigenvalue weighted by Gasteiger charge is 2.59. The summed E-state index contributed by atoms with van der Waals surface area (Å²) in [5, 5.41) is 79.2. The first kappa shape index (κ1) is 23.5. The molecule has 2 heterocycles. The standard InChI is InChI=1S/C15H27NO12/c1-4(16)12(23)15(25)13(24)10(22)11(6(3-18)28-15)27-14-9(21)8(20)7(19)5(2-17)26-14/h4-11,13-14,17-22,24-25H,2-3,16H2,1H3/t4-,5+,6+,7-,8-,9+,10-,11+,13+,14-,15?/m0/s1. The Bertz CT molecular complexity index is 545. The van der Waals surface area contributed by atoms with Gasteiger partial charge in [-0.05, 0) is 6.92 Å². The van der Waals surface area contributed by atoms with E-state index < -0.39 is 85.9 Å². The minimum absolute atomic E-state index is 0.733. The third-order valence-electron chi connectivity index (χ3n) is 4.84. The summed E-state index contributed by atoms with van der Waals surface area (Å²) in [5.74, 6) is -4.07. The Hall–Kier alpha value is -0.810. The number of rotatable bonds is 6. The molecule has 2 saturated heterocycles. The number of Topliss-reactive ketones (excluding diaryl/α,β-unsaturated/α-hetero) is 1. The molecular weight excluding hydrogens is 386 g/mol. The maximum atomic E-state index is 12.1. The zero-order valence-corrected chi connectivity index (χ0v) is 15.0. The van der Waals surface area contributed by atoms with Gasteiger partial charge in [0.25, 0.3) is 5.79 Å². The summed E-state index contributed by atoms with van der Waals surface area (Å²) in [6.07, 6.45) is -15.7. The molecule has 0 spiro atoms. The van der Waals surface area contributed by atoms with E-state index in [0.29, 0.717) is 0 Å². The molecule has 0 saturated carbocycles. The van der Waals surface area contributed by atoms with Crippen molar-refractivity contribution in [1.82, 2.24) is 0 Å². The lowest BCUT2D eigenvalue weighted by Gasteiger charge is -2.48. The van der Waals surface area contributed by atoms with Gasteiger partial charge in [0.05, 0.1) is 19.3 Å². The second-order valence-electron chi connectivity index (χ2n) is 6.92. The fourth-order valence-electron chi connectivity index (χ4n) is 3.17. The van der Waals surface area contributed by atoms with Crippen molar-refractivity contribution in [3.05, 3.63) is 0 Å². The Balaban J connectivity index is 2.23. The largest absolute Gasteiger partial charge is 0.394 e. The number of carbonyl (C=O) groups is 1. The van der Waals surface area contributed by atoms with Crippen LogP contribution in [0, 0.1) is 0 Å². The van der Waals surface area contributed by atoms with Gasteiger partial charge >= 0.3 is 0 Å². The van der Waals surface area contributed by atoms with Gasteiger partial charge in [-0.15, -0.1) is 0 Å². The van der Waals surface area contributed by atoms with Crippen molar-refractivity contribution in [2.45, 2.75) is 73.9 Å². The Kier molecular flexibility index (Phi) is 7.47. The lowest BCUT2D eigenvalue weighted by molar-refractivity contribution is -0.372. The van der Waals surface area contributed by atoms with E-state index in [-0.39, 0.29) is 0 Å². The third-order valence-corrected chi connectivity index (χ3v) is 4.84. The second-order valence-corrected chi connectivity index (χ2v) is 6.92. The van der Waals surface area contributed by atoms with Gasteiger partial charge in [-0.3, -0.25) is 4.79 Å². The van der Waals surface area contributed by atoms with Crippen LogP contribution in [-0.2, 0) is 19.0 Å². The van der Waals surface area contributed by atoms with Crippen molar-refractivity contribution in [1.29, 1.82) is 0 Å². The van der Waals surface area contributed by atoms with Crippen LogP contribution in [0.4, 0.5) is 0 Å². The second kappa shape index (κ2) is 8.91. The van der Waals surface area contributed by atoms with Crippen LogP contribution < -0.4 is 5.73 Å². The Morgan fingerprint density at radius 3 is 2.11 bits per heavy atom. The number of aliphatic hydroxyl groups is 8. The first-order valence-electron chi connectivity index (χ1n) is 8.62. The van der Waals surface area contributed by atoms with Gasteiger partial charge in [-0.1, -0.05) is 0 Å². The van der Waals surface area contributed by atoms with Gasteiger partial charge in [-0.25, -0.2) is 0 Å². The molecule has 11 atom stereocenters. The molecular formula is C15H27NO12. The molecule has 13 heteroatoms. The number of aliphatic hydroxyl groups excluding tert-OH is 7. The zero-order chi connectivity index (χ0) is 21.4. The van der Waals surface area contributed by atoms with E-state index in [2.05, 4.69) is 0 Å². The molecule has 28 heavy (non-hydrogen) atoms. The number of nitrogens with two attached hydrogens (primary N) is 1. The van der Waals surface area contributed by atoms with Gasteiger partial charge in [-0.2, -0.15) is 0 Å². The molecule has 2 aliphatic rings. The van der Waals surface area contributed by atoms with Gasteiger partial charge in [0.2, 0.25) is 5.78 Å². The van der Waals surface area contributed by atoms with Crippen LogP contribution in [-0.4, -0.2) is 127 Å².